The first-order valence-electron chi connectivity index (χ1n) is 8.26. The summed E-state index contributed by atoms with van der Waals surface area (Å²) in [5.74, 6) is 1.24. The van der Waals surface area contributed by atoms with Gasteiger partial charge in [0.25, 0.3) is 0 Å². The van der Waals surface area contributed by atoms with Gasteiger partial charge < -0.3 is 14.8 Å². The number of carbonyl (C=O) groups is 1. The van der Waals surface area contributed by atoms with Crippen LogP contribution in [0.3, 0.4) is 0 Å². The maximum Gasteiger partial charge on any atom is 0.250 e. The number of hydrogen-bond acceptors (Lipinski definition) is 7. The van der Waals surface area contributed by atoms with Crippen molar-refractivity contribution >= 4 is 33.6 Å². The van der Waals surface area contributed by atoms with Crippen molar-refractivity contribution in [3.63, 3.8) is 0 Å². The number of nitrogens with zero attached hydrogens (tertiary/aromatic N) is 2. The van der Waals surface area contributed by atoms with Crippen LogP contribution in [-0.4, -0.2) is 22.9 Å². The van der Waals surface area contributed by atoms with Crippen LogP contribution in [0.2, 0.25) is 0 Å². The monoisotopic (exact) mass is 380 g/mol. The quantitative estimate of drug-likeness (QED) is 0.637. The lowest BCUT2D eigenvalue weighted by atomic mass is 10.2. The third-order valence-electron chi connectivity index (χ3n) is 3.76. The first-order chi connectivity index (χ1) is 13.3. The van der Waals surface area contributed by atoms with Crippen molar-refractivity contribution in [2.75, 3.05) is 17.4 Å². The molecule has 2 N–H and O–H groups in total. The van der Waals surface area contributed by atoms with Gasteiger partial charge in [-0.3, -0.25) is 10.1 Å². The van der Waals surface area contributed by atoms with Gasteiger partial charge in [-0.15, -0.1) is 10.2 Å². The smallest absolute Gasteiger partial charge is 0.250 e. The molecule has 8 heteroatoms. The summed E-state index contributed by atoms with van der Waals surface area (Å²) in [6, 6.07) is 15.4. The molecule has 0 bridgehead atoms. The van der Waals surface area contributed by atoms with E-state index >= 15 is 0 Å². The lowest BCUT2D eigenvalue weighted by Crippen LogP contribution is -2.07. The summed E-state index contributed by atoms with van der Waals surface area (Å²) in [5.41, 5.74) is 1.99. The molecule has 0 fully saturated rings. The predicted molar refractivity (Wildman–Crippen MR) is 104 cm³/mol. The third-order valence-corrected chi connectivity index (χ3v) is 4.56. The maximum absolute atomic E-state index is 12.0. The van der Waals surface area contributed by atoms with Crippen molar-refractivity contribution in [1.82, 2.24) is 10.2 Å². The number of ether oxygens (including phenoxy) is 2. The van der Waals surface area contributed by atoms with Gasteiger partial charge in [-0.25, -0.2) is 0 Å². The Morgan fingerprint density at radius 3 is 2.78 bits per heavy atom. The maximum atomic E-state index is 12.0. The standard InChI is InChI=1S/C19H16N4O3S/c24-17(9-7-13-4-2-1-3-5-13)21-19-23-22-18(27-19)20-11-14-6-8-15-16(10-14)26-12-25-15/h1-10H,11-12H2,(H,20,22)(H,21,23,24). The minimum absolute atomic E-state index is 0.252. The van der Waals surface area contributed by atoms with E-state index in [2.05, 4.69) is 20.8 Å². The number of nitrogens with one attached hydrogen (secondary N) is 2. The minimum Gasteiger partial charge on any atom is -0.454 e. The Morgan fingerprint density at radius 2 is 1.89 bits per heavy atom. The van der Waals surface area contributed by atoms with Crippen LogP contribution >= 0.6 is 11.3 Å². The molecule has 0 saturated heterocycles. The van der Waals surface area contributed by atoms with Crippen LogP contribution in [0.1, 0.15) is 11.1 Å². The molecule has 7 nitrogen and oxygen atoms in total. The summed E-state index contributed by atoms with van der Waals surface area (Å²) in [5, 5.41) is 15.0. The van der Waals surface area contributed by atoms with E-state index in [9.17, 15) is 4.79 Å². The Kier molecular flexibility index (Phi) is 4.97. The van der Waals surface area contributed by atoms with Crippen LogP contribution in [0, 0.1) is 0 Å². The number of benzene rings is 2. The summed E-state index contributed by atoms with van der Waals surface area (Å²) < 4.78 is 10.7. The Labute approximate surface area is 159 Å². The minimum atomic E-state index is -0.252. The Bertz CT molecular complexity index is 972. The van der Waals surface area contributed by atoms with Crippen molar-refractivity contribution in [3.8, 4) is 11.5 Å². The van der Waals surface area contributed by atoms with Crippen LogP contribution < -0.4 is 20.1 Å². The topological polar surface area (TPSA) is 85.4 Å². The summed E-state index contributed by atoms with van der Waals surface area (Å²) in [7, 11) is 0. The highest BCUT2D eigenvalue weighted by molar-refractivity contribution is 7.19. The van der Waals surface area contributed by atoms with Crippen molar-refractivity contribution in [3.05, 3.63) is 65.7 Å². The van der Waals surface area contributed by atoms with E-state index in [-0.39, 0.29) is 12.7 Å². The number of aromatic nitrogens is 2. The first-order valence-corrected chi connectivity index (χ1v) is 9.08. The Morgan fingerprint density at radius 1 is 1.07 bits per heavy atom. The van der Waals surface area contributed by atoms with Crippen LogP contribution in [0.5, 0.6) is 11.5 Å². The van der Waals surface area contributed by atoms with E-state index in [1.54, 1.807) is 6.08 Å². The van der Waals surface area contributed by atoms with Crippen molar-refractivity contribution in [2.45, 2.75) is 6.54 Å². The molecule has 136 valence electrons. The van der Waals surface area contributed by atoms with Gasteiger partial charge in [0.05, 0.1) is 0 Å². The van der Waals surface area contributed by atoms with E-state index < -0.39 is 0 Å². The number of anilines is 2. The molecule has 3 aromatic rings. The van der Waals surface area contributed by atoms with E-state index in [4.69, 9.17) is 9.47 Å². The van der Waals surface area contributed by atoms with Gasteiger partial charge in [-0.05, 0) is 29.3 Å². The lowest BCUT2D eigenvalue weighted by Gasteiger charge is -2.03. The molecule has 0 radical (unpaired) electrons. The molecule has 1 aromatic heterocycles. The van der Waals surface area contributed by atoms with Crippen molar-refractivity contribution < 1.29 is 14.3 Å². The molecular weight excluding hydrogens is 364 g/mol. The fraction of sp³-hybridized carbons (Fsp3) is 0.105. The molecule has 0 atom stereocenters. The molecule has 1 aliphatic rings. The first kappa shape index (κ1) is 17.0. The summed E-state index contributed by atoms with van der Waals surface area (Å²) >= 11 is 1.27. The number of fused-ring (bicyclic) bond motifs is 1. The summed E-state index contributed by atoms with van der Waals surface area (Å²) in [6.45, 7) is 0.817. The van der Waals surface area contributed by atoms with Gasteiger partial charge in [0.15, 0.2) is 11.5 Å². The zero-order chi connectivity index (χ0) is 18.5. The highest BCUT2D eigenvalue weighted by Gasteiger charge is 2.13. The fourth-order valence-electron chi connectivity index (χ4n) is 2.46. The van der Waals surface area contributed by atoms with Gasteiger partial charge in [0.1, 0.15) is 0 Å². The highest BCUT2D eigenvalue weighted by Crippen LogP contribution is 2.32. The molecule has 1 amide bonds. The number of rotatable bonds is 6. The second-order valence-corrected chi connectivity index (χ2v) is 6.66. The Balaban J connectivity index is 1.30. The average molecular weight is 380 g/mol. The Hall–Kier alpha value is -3.39. The highest BCUT2D eigenvalue weighted by atomic mass is 32.1. The molecular formula is C19H16N4O3S. The van der Waals surface area contributed by atoms with E-state index in [1.165, 1.54) is 17.4 Å². The molecule has 4 rings (SSSR count). The summed E-state index contributed by atoms with van der Waals surface area (Å²) in [6.07, 6.45) is 3.21. The van der Waals surface area contributed by atoms with Crippen molar-refractivity contribution in [2.24, 2.45) is 0 Å². The molecule has 0 aliphatic carbocycles. The summed E-state index contributed by atoms with van der Waals surface area (Å²) in [4.78, 5) is 12.0. The van der Waals surface area contributed by atoms with Gasteiger partial charge >= 0.3 is 0 Å². The average Bonchev–Trinajstić information content (AvgIpc) is 3.34. The SMILES string of the molecule is O=C(C=Cc1ccccc1)Nc1nnc(NCc2ccc3c(c2)OCO3)s1. The fourth-order valence-corrected chi connectivity index (χ4v) is 3.10. The molecule has 27 heavy (non-hydrogen) atoms. The molecule has 2 aromatic carbocycles. The van der Waals surface area contributed by atoms with E-state index in [0.717, 1.165) is 22.6 Å². The van der Waals surface area contributed by atoms with Crippen molar-refractivity contribution in [1.29, 1.82) is 0 Å². The molecule has 0 unspecified atom stereocenters. The zero-order valence-corrected chi connectivity index (χ0v) is 15.0. The zero-order valence-electron chi connectivity index (χ0n) is 14.2. The molecule has 1 aliphatic heterocycles. The number of carbonyl (C=O) groups excluding carboxylic acids is 1. The van der Waals surface area contributed by atoms with Crippen LogP contribution in [-0.2, 0) is 11.3 Å². The van der Waals surface area contributed by atoms with E-state index in [0.29, 0.717) is 16.8 Å². The van der Waals surface area contributed by atoms with Gasteiger partial charge in [-0.2, -0.15) is 0 Å². The molecule has 0 spiro atoms. The normalized spacial score (nSPS) is 12.3. The molecule has 2 heterocycles. The number of hydrogen-bond donors (Lipinski definition) is 2. The largest absolute Gasteiger partial charge is 0.454 e. The van der Waals surface area contributed by atoms with Gasteiger partial charge in [0.2, 0.25) is 23.0 Å². The lowest BCUT2D eigenvalue weighted by molar-refractivity contribution is -0.111. The van der Waals surface area contributed by atoms with Crippen LogP contribution in [0.25, 0.3) is 6.08 Å². The second kappa shape index (κ2) is 7.88. The van der Waals surface area contributed by atoms with Crippen LogP contribution in [0.4, 0.5) is 10.3 Å². The van der Waals surface area contributed by atoms with Gasteiger partial charge in [-0.1, -0.05) is 47.7 Å². The van der Waals surface area contributed by atoms with E-state index in [1.807, 2.05) is 48.5 Å². The van der Waals surface area contributed by atoms with Gasteiger partial charge in [0, 0.05) is 12.6 Å². The molecule has 0 saturated carbocycles. The van der Waals surface area contributed by atoms with Crippen LogP contribution in [0.15, 0.2) is 54.6 Å². The third kappa shape index (κ3) is 4.42. The predicted octanol–water partition coefficient (Wildman–Crippen LogP) is 3.53. The second-order valence-electron chi connectivity index (χ2n) is 5.69. The number of amides is 1.